The van der Waals surface area contributed by atoms with Crippen molar-refractivity contribution in [1.29, 1.82) is 0 Å². The number of benzene rings is 2. The smallest absolute Gasteiger partial charge is 0.290 e. The van der Waals surface area contributed by atoms with Crippen molar-refractivity contribution in [3.63, 3.8) is 0 Å². The molecule has 0 radical (unpaired) electrons. The van der Waals surface area contributed by atoms with Crippen molar-refractivity contribution in [2.24, 2.45) is 0 Å². The highest BCUT2D eigenvalue weighted by atomic mass is 32.1. The van der Waals surface area contributed by atoms with Gasteiger partial charge >= 0.3 is 4.87 Å². The summed E-state index contributed by atoms with van der Waals surface area (Å²) >= 11 is 1.00. The zero-order chi connectivity index (χ0) is 22.4. The molecule has 0 amide bonds. The van der Waals surface area contributed by atoms with Gasteiger partial charge in [0, 0.05) is 34.9 Å². The van der Waals surface area contributed by atoms with Crippen LogP contribution in [0.5, 0.6) is 0 Å². The molecule has 5 rings (SSSR count). The molecule has 0 aliphatic rings. The predicted octanol–water partition coefficient (Wildman–Crippen LogP) is 5.39. The van der Waals surface area contributed by atoms with Crippen LogP contribution in [0.2, 0.25) is 0 Å². The fourth-order valence-electron chi connectivity index (χ4n) is 4.09. The maximum absolute atomic E-state index is 11.6. The number of hydrogen-bond acceptors (Lipinski definition) is 5. The van der Waals surface area contributed by atoms with E-state index < -0.39 is 0 Å². The highest BCUT2D eigenvalue weighted by Crippen LogP contribution is 2.32. The van der Waals surface area contributed by atoms with Crippen molar-refractivity contribution in [2.75, 3.05) is 0 Å². The van der Waals surface area contributed by atoms with E-state index in [0.717, 1.165) is 63.0 Å². The minimum absolute atomic E-state index is 0.224. The third kappa shape index (κ3) is 3.26. The summed E-state index contributed by atoms with van der Waals surface area (Å²) in [5.74, 6) is 1.59. The Bertz CT molecular complexity index is 1510. The molecule has 6 nitrogen and oxygen atoms in total. The predicted molar refractivity (Wildman–Crippen MR) is 130 cm³/mol. The van der Waals surface area contributed by atoms with Gasteiger partial charge in [-0.05, 0) is 55.2 Å². The number of aromatic amines is 1. The standard InChI is InChI=1S/C25H23N5OS/c1-5-21-27-22-15(3)14(2)16(4)26-24(22)30(21)18-12-10-17(11-13-18)19-8-6-7-9-20(19)23-28-25(31)32-29-23/h6-13H,5H2,1-4H3,(H,28,29,31). The third-order valence-corrected chi connectivity index (χ3v) is 6.59. The van der Waals surface area contributed by atoms with Gasteiger partial charge in [0.15, 0.2) is 11.5 Å². The van der Waals surface area contributed by atoms with Crippen molar-refractivity contribution in [1.82, 2.24) is 23.9 Å². The Hall–Kier alpha value is -3.58. The Morgan fingerprint density at radius 3 is 2.28 bits per heavy atom. The molecule has 2 aromatic carbocycles. The maximum atomic E-state index is 11.6. The lowest BCUT2D eigenvalue weighted by Gasteiger charge is -2.12. The molecule has 0 aliphatic heterocycles. The highest BCUT2D eigenvalue weighted by Gasteiger charge is 2.17. The maximum Gasteiger partial charge on any atom is 0.344 e. The van der Waals surface area contributed by atoms with Crippen LogP contribution in [-0.4, -0.2) is 23.9 Å². The van der Waals surface area contributed by atoms with E-state index in [9.17, 15) is 4.79 Å². The molecule has 3 heterocycles. The van der Waals surface area contributed by atoms with Crippen LogP contribution >= 0.6 is 11.5 Å². The zero-order valence-corrected chi connectivity index (χ0v) is 19.2. The SMILES string of the molecule is CCc1nc2c(C)c(C)c(C)nc2n1-c1ccc(-c2ccccc2-c2nc(=O)s[nH]2)cc1. The molecular formula is C25H23N5OS. The average molecular weight is 442 g/mol. The number of aryl methyl sites for hydroxylation is 3. The summed E-state index contributed by atoms with van der Waals surface area (Å²) in [6.45, 7) is 8.38. The molecule has 32 heavy (non-hydrogen) atoms. The molecule has 160 valence electrons. The topological polar surface area (TPSA) is 76.5 Å². The van der Waals surface area contributed by atoms with Gasteiger partial charge in [-0.3, -0.25) is 13.7 Å². The van der Waals surface area contributed by atoms with Gasteiger partial charge < -0.3 is 0 Å². The lowest BCUT2D eigenvalue weighted by Crippen LogP contribution is -2.02. The van der Waals surface area contributed by atoms with Crippen LogP contribution in [0.15, 0.2) is 53.3 Å². The number of pyridine rings is 1. The van der Waals surface area contributed by atoms with Gasteiger partial charge in [-0.15, -0.1) is 0 Å². The van der Waals surface area contributed by atoms with E-state index in [0.29, 0.717) is 5.82 Å². The molecule has 0 unspecified atom stereocenters. The first kappa shape index (κ1) is 20.3. The first-order valence-corrected chi connectivity index (χ1v) is 11.4. The quantitative estimate of drug-likeness (QED) is 0.406. The summed E-state index contributed by atoms with van der Waals surface area (Å²) in [6.07, 6.45) is 0.815. The second-order valence-corrected chi connectivity index (χ2v) is 8.62. The molecular weight excluding hydrogens is 418 g/mol. The Balaban J connectivity index is 1.63. The van der Waals surface area contributed by atoms with Crippen LogP contribution < -0.4 is 4.87 Å². The van der Waals surface area contributed by atoms with Gasteiger partial charge in [-0.25, -0.2) is 9.97 Å². The van der Waals surface area contributed by atoms with Crippen molar-refractivity contribution >= 4 is 22.7 Å². The minimum atomic E-state index is -0.224. The van der Waals surface area contributed by atoms with Crippen LogP contribution in [0, 0.1) is 20.8 Å². The first-order chi connectivity index (χ1) is 15.5. The number of nitrogens with zero attached hydrogens (tertiary/aromatic N) is 4. The average Bonchev–Trinajstić information content (AvgIpc) is 3.41. The van der Waals surface area contributed by atoms with E-state index in [2.05, 4.69) is 59.0 Å². The molecule has 1 N–H and O–H groups in total. The van der Waals surface area contributed by atoms with Crippen LogP contribution in [0.1, 0.15) is 29.6 Å². The first-order valence-electron chi connectivity index (χ1n) is 10.6. The lowest BCUT2D eigenvalue weighted by atomic mass is 9.99. The molecule has 7 heteroatoms. The molecule has 3 aromatic heterocycles. The lowest BCUT2D eigenvalue weighted by molar-refractivity contribution is 0.900. The normalized spacial score (nSPS) is 11.4. The van der Waals surface area contributed by atoms with Crippen molar-refractivity contribution in [3.05, 3.63) is 80.8 Å². The molecule has 0 aliphatic carbocycles. The summed E-state index contributed by atoms with van der Waals surface area (Å²) in [6, 6.07) is 16.4. The van der Waals surface area contributed by atoms with Gasteiger partial charge in [0.25, 0.3) is 0 Å². The van der Waals surface area contributed by atoms with Crippen LogP contribution in [0.3, 0.4) is 0 Å². The van der Waals surface area contributed by atoms with E-state index in [4.69, 9.17) is 9.97 Å². The van der Waals surface area contributed by atoms with E-state index in [1.54, 1.807) is 0 Å². The second kappa shape index (κ2) is 7.84. The van der Waals surface area contributed by atoms with Crippen molar-refractivity contribution < 1.29 is 0 Å². The van der Waals surface area contributed by atoms with Crippen LogP contribution in [-0.2, 0) is 6.42 Å². The van der Waals surface area contributed by atoms with E-state index in [-0.39, 0.29) is 4.87 Å². The number of hydrogen-bond donors (Lipinski definition) is 1. The molecule has 0 bridgehead atoms. The van der Waals surface area contributed by atoms with Gasteiger partial charge in [0.1, 0.15) is 11.3 Å². The third-order valence-electron chi connectivity index (χ3n) is 6.03. The van der Waals surface area contributed by atoms with E-state index >= 15 is 0 Å². The largest absolute Gasteiger partial charge is 0.344 e. The Morgan fingerprint density at radius 2 is 1.62 bits per heavy atom. The number of H-pyrrole nitrogens is 1. The number of aromatic nitrogens is 5. The molecule has 0 saturated carbocycles. The summed E-state index contributed by atoms with van der Waals surface area (Å²) in [7, 11) is 0. The fourth-order valence-corrected chi connectivity index (χ4v) is 4.56. The van der Waals surface area contributed by atoms with Crippen LogP contribution in [0.25, 0.3) is 39.4 Å². The summed E-state index contributed by atoms with van der Waals surface area (Å²) in [5.41, 5.74) is 9.28. The summed E-state index contributed by atoms with van der Waals surface area (Å²) < 4.78 is 5.17. The number of rotatable bonds is 4. The number of nitrogens with one attached hydrogen (secondary N) is 1. The molecule has 0 atom stereocenters. The fraction of sp³-hybridized carbons (Fsp3) is 0.200. The summed E-state index contributed by atoms with van der Waals surface area (Å²) in [5, 5.41) is 0. The molecule has 0 spiro atoms. The Morgan fingerprint density at radius 1 is 0.906 bits per heavy atom. The van der Waals surface area contributed by atoms with Crippen molar-refractivity contribution in [2.45, 2.75) is 34.1 Å². The number of imidazole rings is 1. The summed E-state index contributed by atoms with van der Waals surface area (Å²) in [4.78, 5) is 25.2. The monoisotopic (exact) mass is 441 g/mol. The van der Waals surface area contributed by atoms with Crippen LogP contribution in [0.4, 0.5) is 0 Å². The molecule has 5 aromatic rings. The highest BCUT2D eigenvalue weighted by molar-refractivity contribution is 7.03. The Labute approximate surface area is 189 Å². The molecule has 0 saturated heterocycles. The second-order valence-electron chi connectivity index (χ2n) is 7.86. The molecule has 0 fully saturated rings. The van der Waals surface area contributed by atoms with E-state index in [1.807, 2.05) is 31.2 Å². The van der Waals surface area contributed by atoms with E-state index in [1.165, 1.54) is 11.1 Å². The Kier molecular flexibility index (Phi) is 4.98. The van der Waals surface area contributed by atoms with Gasteiger partial charge in [-0.2, -0.15) is 4.98 Å². The van der Waals surface area contributed by atoms with Gasteiger partial charge in [-0.1, -0.05) is 43.3 Å². The van der Waals surface area contributed by atoms with Gasteiger partial charge in [0.05, 0.1) is 0 Å². The number of fused-ring (bicyclic) bond motifs is 1. The van der Waals surface area contributed by atoms with Gasteiger partial charge in [0.2, 0.25) is 0 Å². The van der Waals surface area contributed by atoms with Crippen molar-refractivity contribution in [3.8, 4) is 28.2 Å². The minimum Gasteiger partial charge on any atom is -0.290 e. The zero-order valence-electron chi connectivity index (χ0n) is 18.4.